The van der Waals surface area contributed by atoms with Crippen molar-refractivity contribution in [2.24, 2.45) is 5.92 Å². The van der Waals surface area contributed by atoms with Gasteiger partial charge in [0, 0.05) is 4.88 Å². The summed E-state index contributed by atoms with van der Waals surface area (Å²) in [5.74, 6) is 0.666. The maximum atomic E-state index is 13.3. The second kappa shape index (κ2) is 13.7. The van der Waals surface area contributed by atoms with Gasteiger partial charge in [-0.25, -0.2) is 4.79 Å². The van der Waals surface area contributed by atoms with Crippen molar-refractivity contribution in [2.75, 3.05) is 31.7 Å². The van der Waals surface area contributed by atoms with E-state index in [1.165, 1.54) is 11.3 Å². The standard InChI is InChI=1S/C32H38N2O6S/c1-19-12-13-24-27(16-19)41-32(34-28(35)17-39-25-10-6-8-20(2)22(25)4)30(24)31(37)33-14-15-38-29(36)18-40-26-11-7-9-21(3)23(26)5/h6-11,19H,12-18H2,1-5H3,(H,33,37)(H,34,35). The van der Waals surface area contributed by atoms with Gasteiger partial charge in [-0.1, -0.05) is 31.2 Å². The van der Waals surface area contributed by atoms with Gasteiger partial charge in [-0.05, 0) is 92.8 Å². The predicted molar refractivity (Wildman–Crippen MR) is 160 cm³/mol. The Morgan fingerprint density at radius 2 is 1.56 bits per heavy atom. The van der Waals surface area contributed by atoms with E-state index >= 15 is 0 Å². The smallest absolute Gasteiger partial charge is 0.344 e. The Morgan fingerprint density at radius 1 is 0.927 bits per heavy atom. The van der Waals surface area contributed by atoms with E-state index in [1.54, 1.807) is 0 Å². The molecule has 4 rings (SSSR count). The van der Waals surface area contributed by atoms with Gasteiger partial charge in [-0.15, -0.1) is 11.3 Å². The third kappa shape index (κ3) is 7.67. The number of anilines is 1. The minimum Gasteiger partial charge on any atom is -0.483 e. The number of thiophene rings is 1. The molecule has 1 atom stereocenters. The van der Waals surface area contributed by atoms with Crippen molar-refractivity contribution in [1.29, 1.82) is 0 Å². The molecule has 3 aromatic rings. The minimum absolute atomic E-state index is 0.00940. The Bertz CT molecular complexity index is 1430. The van der Waals surface area contributed by atoms with Gasteiger partial charge >= 0.3 is 5.97 Å². The molecule has 1 aliphatic carbocycles. The van der Waals surface area contributed by atoms with Crippen molar-refractivity contribution < 1.29 is 28.6 Å². The number of rotatable bonds is 11. The summed E-state index contributed by atoms with van der Waals surface area (Å²) in [5.41, 5.74) is 5.59. The summed E-state index contributed by atoms with van der Waals surface area (Å²) in [5, 5.41) is 6.28. The fourth-order valence-corrected chi connectivity index (χ4v) is 6.17. The summed E-state index contributed by atoms with van der Waals surface area (Å²) in [6.07, 6.45) is 2.62. The van der Waals surface area contributed by atoms with Crippen molar-refractivity contribution >= 4 is 34.1 Å². The van der Waals surface area contributed by atoms with E-state index in [0.29, 0.717) is 28.0 Å². The molecule has 0 bridgehead atoms. The molecular weight excluding hydrogens is 540 g/mol. The van der Waals surface area contributed by atoms with Crippen LogP contribution in [0.15, 0.2) is 36.4 Å². The summed E-state index contributed by atoms with van der Waals surface area (Å²) in [4.78, 5) is 39.4. The van der Waals surface area contributed by atoms with E-state index in [-0.39, 0.29) is 38.2 Å². The van der Waals surface area contributed by atoms with Gasteiger partial charge in [0.05, 0.1) is 12.1 Å². The number of carbonyl (C=O) groups is 3. The van der Waals surface area contributed by atoms with Crippen molar-refractivity contribution in [1.82, 2.24) is 5.32 Å². The Morgan fingerprint density at radius 3 is 2.22 bits per heavy atom. The fourth-order valence-electron chi connectivity index (χ4n) is 4.74. The quantitative estimate of drug-likeness (QED) is 0.231. The fraction of sp³-hybridized carbons (Fsp3) is 0.406. The van der Waals surface area contributed by atoms with Crippen LogP contribution in [0.25, 0.3) is 0 Å². The van der Waals surface area contributed by atoms with E-state index in [1.807, 2.05) is 64.1 Å². The first-order valence-corrected chi connectivity index (χ1v) is 14.7. The molecule has 0 spiro atoms. The van der Waals surface area contributed by atoms with Crippen LogP contribution in [-0.2, 0) is 27.2 Å². The number of benzene rings is 2. The third-order valence-corrected chi connectivity index (χ3v) is 8.63. The van der Waals surface area contributed by atoms with Crippen LogP contribution in [0.2, 0.25) is 0 Å². The number of ether oxygens (including phenoxy) is 3. The lowest BCUT2D eigenvalue weighted by Crippen LogP contribution is -2.30. The normalized spacial score (nSPS) is 14.1. The van der Waals surface area contributed by atoms with Gasteiger partial charge in [0.15, 0.2) is 13.2 Å². The lowest BCUT2D eigenvalue weighted by molar-refractivity contribution is -0.145. The highest BCUT2D eigenvalue weighted by molar-refractivity contribution is 7.17. The van der Waals surface area contributed by atoms with Crippen LogP contribution in [0.1, 0.15) is 56.4 Å². The van der Waals surface area contributed by atoms with Gasteiger partial charge in [0.25, 0.3) is 11.8 Å². The number of carbonyl (C=O) groups excluding carboxylic acids is 3. The molecule has 0 saturated heterocycles. The zero-order chi connectivity index (χ0) is 29.5. The highest BCUT2D eigenvalue weighted by atomic mass is 32.1. The van der Waals surface area contributed by atoms with Gasteiger partial charge in [-0.3, -0.25) is 9.59 Å². The molecule has 0 radical (unpaired) electrons. The van der Waals surface area contributed by atoms with Gasteiger partial charge in [0.2, 0.25) is 0 Å². The van der Waals surface area contributed by atoms with Gasteiger partial charge < -0.3 is 24.8 Å². The van der Waals surface area contributed by atoms with E-state index in [4.69, 9.17) is 14.2 Å². The number of nitrogens with one attached hydrogen (secondary N) is 2. The Kier molecular flexibility index (Phi) is 10.0. The van der Waals surface area contributed by atoms with Crippen molar-refractivity contribution in [2.45, 2.75) is 53.9 Å². The molecule has 41 heavy (non-hydrogen) atoms. The highest BCUT2D eigenvalue weighted by Gasteiger charge is 2.28. The molecule has 1 unspecified atom stereocenters. The molecular formula is C32H38N2O6S. The largest absolute Gasteiger partial charge is 0.483 e. The molecule has 0 fully saturated rings. The second-order valence-electron chi connectivity index (χ2n) is 10.6. The van der Waals surface area contributed by atoms with Crippen molar-refractivity contribution in [3.05, 3.63) is 74.7 Å². The van der Waals surface area contributed by atoms with Crippen LogP contribution in [0.5, 0.6) is 11.5 Å². The maximum Gasteiger partial charge on any atom is 0.344 e. The molecule has 218 valence electrons. The molecule has 1 aliphatic rings. The Balaban J connectivity index is 1.32. The molecule has 1 aromatic heterocycles. The van der Waals surface area contributed by atoms with E-state index in [9.17, 15) is 14.4 Å². The average Bonchev–Trinajstić information content (AvgIpc) is 3.29. The topological polar surface area (TPSA) is 103 Å². The number of esters is 1. The van der Waals surface area contributed by atoms with Crippen LogP contribution < -0.4 is 20.1 Å². The summed E-state index contributed by atoms with van der Waals surface area (Å²) >= 11 is 1.45. The van der Waals surface area contributed by atoms with Crippen molar-refractivity contribution in [3.8, 4) is 11.5 Å². The number of hydrogen-bond donors (Lipinski definition) is 2. The zero-order valence-electron chi connectivity index (χ0n) is 24.3. The third-order valence-electron chi connectivity index (χ3n) is 7.46. The Hall–Kier alpha value is -3.85. The summed E-state index contributed by atoms with van der Waals surface area (Å²) in [6, 6.07) is 11.4. The van der Waals surface area contributed by atoms with E-state index in [2.05, 4.69) is 17.6 Å². The predicted octanol–water partition coefficient (Wildman–Crippen LogP) is 5.48. The number of hydrogen-bond acceptors (Lipinski definition) is 7. The monoisotopic (exact) mass is 578 g/mol. The first-order valence-electron chi connectivity index (χ1n) is 13.9. The van der Waals surface area contributed by atoms with Crippen LogP contribution in [0.4, 0.5) is 5.00 Å². The second-order valence-corrected chi connectivity index (χ2v) is 11.7. The van der Waals surface area contributed by atoms with Crippen molar-refractivity contribution in [3.63, 3.8) is 0 Å². The molecule has 2 N–H and O–H groups in total. The van der Waals surface area contributed by atoms with Crippen LogP contribution in [0.3, 0.4) is 0 Å². The molecule has 1 heterocycles. The highest BCUT2D eigenvalue weighted by Crippen LogP contribution is 2.39. The van der Waals surface area contributed by atoms with Crippen LogP contribution in [-0.4, -0.2) is 44.1 Å². The molecule has 2 amide bonds. The lowest BCUT2D eigenvalue weighted by atomic mass is 9.88. The van der Waals surface area contributed by atoms with E-state index < -0.39 is 5.97 Å². The average molecular weight is 579 g/mol. The molecule has 8 nitrogen and oxygen atoms in total. The molecule has 9 heteroatoms. The summed E-state index contributed by atoms with van der Waals surface area (Å²) in [6.45, 7) is 9.82. The summed E-state index contributed by atoms with van der Waals surface area (Å²) < 4.78 is 16.6. The number of amides is 2. The van der Waals surface area contributed by atoms with E-state index in [0.717, 1.165) is 52.0 Å². The van der Waals surface area contributed by atoms with Crippen LogP contribution >= 0.6 is 11.3 Å². The lowest BCUT2D eigenvalue weighted by Gasteiger charge is -2.18. The first-order chi connectivity index (χ1) is 19.6. The molecule has 2 aromatic carbocycles. The minimum atomic E-state index is -0.515. The maximum absolute atomic E-state index is 13.3. The number of aryl methyl sites for hydroxylation is 2. The number of fused-ring (bicyclic) bond motifs is 1. The zero-order valence-corrected chi connectivity index (χ0v) is 25.2. The van der Waals surface area contributed by atoms with Gasteiger partial charge in [-0.2, -0.15) is 0 Å². The first kappa shape index (κ1) is 30.1. The molecule has 0 saturated carbocycles. The van der Waals surface area contributed by atoms with Gasteiger partial charge in [0.1, 0.15) is 23.1 Å². The SMILES string of the molecule is Cc1cccc(OCC(=O)Nc2sc3c(c2C(=O)NCCOC(=O)COc2cccc(C)c2C)CCC(C)C3)c1C. The van der Waals surface area contributed by atoms with Crippen LogP contribution in [0, 0.1) is 33.6 Å². The molecule has 0 aliphatic heterocycles. The summed E-state index contributed by atoms with van der Waals surface area (Å²) in [7, 11) is 0. The Labute approximate surface area is 245 Å².